The molecule has 3 heteroatoms. The van der Waals surface area contributed by atoms with Gasteiger partial charge in [-0.3, -0.25) is 0 Å². The summed E-state index contributed by atoms with van der Waals surface area (Å²) in [5.74, 6) is 2.40. The van der Waals surface area contributed by atoms with Crippen LogP contribution in [0.5, 0.6) is 0 Å². The molecule has 86 valence electrons. The van der Waals surface area contributed by atoms with E-state index in [1.165, 1.54) is 0 Å². The molecule has 0 spiro atoms. The third kappa shape index (κ3) is 2.74. The highest BCUT2D eigenvalue weighted by atomic mass is 16.8. The molecule has 2 rings (SSSR count). The SMILES string of the molecule is C#CCOC1ON=C(c2ccccc2)C=C1C. The lowest BCUT2D eigenvalue weighted by Crippen LogP contribution is -2.22. The van der Waals surface area contributed by atoms with E-state index in [0.717, 1.165) is 16.8 Å². The molecule has 0 N–H and O–H groups in total. The maximum atomic E-state index is 5.29. The third-order valence-electron chi connectivity index (χ3n) is 2.37. The first-order valence-corrected chi connectivity index (χ1v) is 5.34. The summed E-state index contributed by atoms with van der Waals surface area (Å²) in [6.07, 6.45) is 6.59. The average molecular weight is 227 g/mol. The van der Waals surface area contributed by atoms with Crippen LogP contribution in [0.1, 0.15) is 12.5 Å². The maximum Gasteiger partial charge on any atom is 0.250 e. The van der Waals surface area contributed by atoms with E-state index in [9.17, 15) is 0 Å². The predicted molar refractivity (Wildman–Crippen MR) is 66.4 cm³/mol. The highest BCUT2D eigenvalue weighted by Crippen LogP contribution is 2.17. The monoisotopic (exact) mass is 227 g/mol. The van der Waals surface area contributed by atoms with Crippen molar-refractivity contribution >= 4 is 5.71 Å². The van der Waals surface area contributed by atoms with Gasteiger partial charge in [0, 0.05) is 5.56 Å². The van der Waals surface area contributed by atoms with Gasteiger partial charge in [-0.15, -0.1) is 6.42 Å². The maximum absolute atomic E-state index is 5.29. The van der Waals surface area contributed by atoms with E-state index in [-0.39, 0.29) is 6.61 Å². The fourth-order valence-electron chi connectivity index (χ4n) is 1.53. The number of nitrogens with zero attached hydrogens (tertiary/aromatic N) is 1. The Hall–Kier alpha value is -2.05. The highest BCUT2D eigenvalue weighted by Gasteiger charge is 2.18. The molecule has 1 aromatic carbocycles. The number of terminal acetylenes is 1. The van der Waals surface area contributed by atoms with Crippen LogP contribution in [0.25, 0.3) is 0 Å². The molecule has 1 unspecified atom stereocenters. The predicted octanol–water partition coefficient (Wildman–Crippen LogP) is 2.34. The molecule has 1 atom stereocenters. The molecule has 1 aliphatic heterocycles. The zero-order chi connectivity index (χ0) is 12.1. The number of allylic oxidation sites excluding steroid dienone is 1. The van der Waals surface area contributed by atoms with Crippen LogP contribution >= 0.6 is 0 Å². The molecule has 0 saturated carbocycles. The van der Waals surface area contributed by atoms with Crippen molar-refractivity contribution in [3.05, 3.63) is 47.5 Å². The lowest BCUT2D eigenvalue weighted by molar-refractivity contribution is -0.110. The van der Waals surface area contributed by atoms with Crippen LogP contribution in [0, 0.1) is 12.3 Å². The minimum Gasteiger partial charge on any atom is -0.358 e. The Morgan fingerprint density at radius 1 is 1.41 bits per heavy atom. The fourth-order valence-corrected chi connectivity index (χ4v) is 1.53. The normalized spacial score (nSPS) is 18.7. The second-order valence-corrected chi connectivity index (χ2v) is 3.68. The van der Waals surface area contributed by atoms with Gasteiger partial charge in [0.25, 0.3) is 0 Å². The zero-order valence-corrected chi connectivity index (χ0v) is 9.59. The Labute approximate surface area is 101 Å². The van der Waals surface area contributed by atoms with Gasteiger partial charge in [-0.05, 0) is 18.6 Å². The van der Waals surface area contributed by atoms with Crippen molar-refractivity contribution in [1.82, 2.24) is 0 Å². The summed E-state index contributed by atoms with van der Waals surface area (Å²) in [6, 6.07) is 9.84. The molecule has 3 nitrogen and oxygen atoms in total. The molecule has 0 saturated heterocycles. The van der Waals surface area contributed by atoms with Gasteiger partial charge in [0.1, 0.15) is 12.3 Å². The first kappa shape index (κ1) is 11.4. The molecule has 1 heterocycles. The van der Waals surface area contributed by atoms with Gasteiger partial charge in [-0.2, -0.15) is 0 Å². The van der Waals surface area contributed by atoms with E-state index < -0.39 is 6.29 Å². The van der Waals surface area contributed by atoms with Crippen LogP contribution in [0.4, 0.5) is 0 Å². The van der Waals surface area contributed by atoms with Crippen molar-refractivity contribution in [2.24, 2.45) is 5.16 Å². The smallest absolute Gasteiger partial charge is 0.250 e. The number of ether oxygens (including phenoxy) is 1. The molecule has 17 heavy (non-hydrogen) atoms. The summed E-state index contributed by atoms with van der Waals surface area (Å²) in [4.78, 5) is 5.26. The standard InChI is InChI=1S/C14H13NO2/c1-3-9-16-14-11(2)10-13(15-17-14)12-7-5-4-6-8-12/h1,4-8,10,14H,9H2,2H3. The van der Waals surface area contributed by atoms with Gasteiger partial charge in [-0.1, -0.05) is 41.4 Å². The lowest BCUT2D eigenvalue weighted by atomic mass is 10.1. The first-order valence-electron chi connectivity index (χ1n) is 5.34. The number of rotatable bonds is 3. The van der Waals surface area contributed by atoms with Crippen molar-refractivity contribution in [2.45, 2.75) is 13.2 Å². The van der Waals surface area contributed by atoms with Gasteiger partial charge < -0.3 is 9.57 Å². The second kappa shape index (κ2) is 5.33. The van der Waals surface area contributed by atoms with Gasteiger partial charge in [0.2, 0.25) is 6.29 Å². The Balaban J connectivity index is 2.11. The quantitative estimate of drug-likeness (QED) is 0.742. The van der Waals surface area contributed by atoms with Crippen LogP contribution in [0.2, 0.25) is 0 Å². The minimum absolute atomic E-state index is 0.214. The minimum atomic E-state index is -0.474. The molecule has 0 fully saturated rings. The number of hydrogen-bond acceptors (Lipinski definition) is 3. The van der Waals surface area contributed by atoms with Crippen molar-refractivity contribution in [3.8, 4) is 12.3 Å². The van der Waals surface area contributed by atoms with Gasteiger partial charge in [-0.25, -0.2) is 0 Å². The molecule has 1 aliphatic rings. The van der Waals surface area contributed by atoms with E-state index in [1.54, 1.807) is 0 Å². The van der Waals surface area contributed by atoms with Crippen LogP contribution < -0.4 is 0 Å². The molecule has 0 aromatic heterocycles. The summed E-state index contributed by atoms with van der Waals surface area (Å²) in [5.41, 5.74) is 2.76. The molecule has 0 bridgehead atoms. The third-order valence-corrected chi connectivity index (χ3v) is 2.37. The molecular formula is C14H13NO2. The molecule has 0 amide bonds. The topological polar surface area (TPSA) is 30.8 Å². The van der Waals surface area contributed by atoms with E-state index in [1.807, 2.05) is 43.3 Å². The van der Waals surface area contributed by atoms with Gasteiger partial charge in [0.15, 0.2) is 0 Å². The van der Waals surface area contributed by atoms with Gasteiger partial charge in [0.05, 0.1) is 0 Å². The fraction of sp³-hybridized carbons (Fsp3) is 0.214. The van der Waals surface area contributed by atoms with E-state index >= 15 is 0 Å². The van der Waals surface area contributed by atoms with Crippen molar-refractivity contribution in [2.75, 3.05) is 6.61 Å². The van der Waals surface area contributed by atoms with E-state index in [2.05, 4.69) is 11.1 Å². The summed E-state index contributed by atoms with van der Waals surface area (Å²) in [7, 11) is 0. The van der Waals surface area contributed by atoms with Crippen LogP contribution in [0.3, 0.4) is 0 Å². The van der Waals surface area contributed by atoms with Crippen LogP contribution in [0.15, 0.2) is 47.1 Å². The molecule has 1 aromatic rings. The lowest BCUT2D eigenvalue weighted by Gasteiger charge is -2.19. The Kier molecular flexibility index (Phi) is 3.59. The zero-order valence-electron chi connectivity index (χ0n) is 9.59. The van der Waals surface area contributed by atoms with Crippen molar-refractivity contribution < 1.29 is 9.57 Å². The molecule has 0 radical (unpaired) electrons. The number of oxime groups is 1. The first-order chi connectivity index (χ1) is 8.31. The molecular weight excluding hydrogens is 214 g/mol. The van der Waals surface area contributed by atoms with Crippen molar-refractivity contribution in [3.63, 3.8) is 0 Å². The van der Waals surface area contributed by atoms with Gasteiger partial charge >= 0.3 is 0 Å². The average Bonchev–Trinajstić information content (AvgIpc) is 2.38. The Bertz CT molecular complexity index is 483. The number of benzene rings is 1. The number of hydrogen-bond donors (Lipinski definition) is 0. The van der Waals surface area contributed by atoms with Crippen LogP contribution in [-0.2, 0) is 9.57 Å². The summed E-state index contributed by atoms with van der Waals surface area (Å²) < 4.78 is 5.29. The Morgan fingerprint density at radius 2 is 2.18 bits per heavy atom. The summed E-state index contributed by atoms with van der Waals surface area (Å²) in [6.45, 7) is 2.14. The molecule has 0 aliphatic carbocycles. The highest BCUT2D eigenvalue weighted by molar-refractivity contribution is 6.09. The largest absolute Gasteiger partial charge is 0.358 e. The Morgan fingerprint density at radius 3 is 2.82 bits per heavy atom. The summed E-state index contributed by atoms with van der Waals surface area (Å²) in [5, 5.41) is 4.03. The van der Waals surface area contributed by atoms with Crippen molar-refractivity contribution in [1.29, 1.82) is 0 Å². The van der Waals surface area contributed by atoms with E-state index in [0.29, 0.717) is 0 Å². The second-order valence-electron chi connectivity index (χ2n) is 3.68. The van der Waals surface area contributed by atoms with Crippen LogP contribution in [-0.4, -0.2) is 18.6 Å². The van der Waals surface area contributed by atoms with E-state index in [4.69, 9.17) is 16.0 Å². The summed E-state index contributed by atoms with van der Waals surface area (Å²) >= 11 is 0.